The maximum atomic E-state index is 12.2. The van der Waals surface area contributed by atoms with Gasteiger partial charge in [-0.25, -0.2) is 4.79 Å². The predicted molar refractivity (Wildman–Crippen MR) is 79.3 cm³/mol. The van der Waals surface area contributed by atoms with Gasteiger partial charge in [-0.3, -0.25) is 0 Å². The molecule has 1 fully saturated rings. The smallest absolute Gasteiger partial charge is 0.350 e. The molecule has 3 unspecified atom stereocenters. The Balaban J connectivity index is 2.07. The molecular weight excluding hydrogens is 258 g/mol. The zero-order chi connectivity index (χ0) is 14.0. The van der Waals surface area contributed by atoms with Crippen molar-refractivity contribution in [3.63, 3.8) is 0 Å². The molecule has 2 N–H and O–H groups in total. The van der Waals surface area contributed by atoms with Crippen molar-refractivity contribution >= 4 is 23.0 Å². The molecule has 1 aromatic rings. The van der Waals surface area contributed by atoms with Crippen LogP contribution in [0.3, 0.4) is 0 Å². The Morgan fingerprint density at radius 2 is 2.21 bits per heavy atom. The highest BCUT2D eigenvalue weighted by molar-refractivity contribution is 7.12. The topological polar surface area (TPSA) is 52.3 Å². The minimum absolute atomic E-state index is 0.0396. The van der Waals surface area contributed by atoms with Crippen molar-refractivity contribution in [1.82, 2.24) is 0 Å². The molecule has 0 aliphatic heterocycles. The van der Waals surface area contributed by atoms with Crippen molar-refractivity contribution in [2.45, 2.75) is 46.1 Å². The van der Waals surface area contributed by atoms with Gasteiger partial charge in [0.1, 0.15) is 11.0 Å². The lowest BCUT2D eigenvalue weighted by Crippen LogP contribution is -2.35. The molecule has 0 aromatic carbocycles. The molecule has 2 rings (SSSR count). The number of anilines is 1. The van der Waals surface area contributed by atoms with Crippen molar-refractivity contribution in [2.75, 3.05) is 5.73 Å². The lowest BCUT2D eigenvalue weighted by Gasteiger charge is -2.36. The van der Waals surface area contributed by atoms with E-state index in [1.807, 2.05) is 5.38 Å². The minimum atomic E-state index is -0.253. The highest BCUT2D eigenvalue weighted by Crippen LogP contribution is 2.36. The van der Waals surface area contributed by atoms with Crippen LogP contribution in [-0.2, 0) is 4.74 Å². The summed E-state index contributed by atoms with van der Waals surface area (Å²) in [5.74, 6) is 1.40. The first-order chi connectivity index (χ1) is 8.99. The molecule has 3 atom stereocenters. The molecule has 106 valence electrons. The lowest BCUT2D eigenvalue weighted by molar-refractivity contribution is -0.0168. The average Bonchev–Trinajstić information content (AvgIpc) is 2.75. The number of ether oxygens (including phenoxy) is 1. The van der Waals surface area contributed by atoms with Gasteiger partial charge in [-0.15, -0.1) is 11.3 Å². The van der Waals surface area contributed by atoms with Gasteiger partial charge in [-0.1, -0.05) is 27.2 Å². The van der Waals surface area contributed by atoms with E-state index in [0.29, 0.717) is 28.3 Å². The molecule has 0 amide bonds. The van der Waals surface area contributed by atoms with E-state index < -0.39 is 0 Å². The van der Waals surface area contributed by atoms with Gasteiger partial charge in [0, 0.05) is 0 Å². The Morgan fingerprint density at radius 3 is 2.79 bits per heavy atom. The molecule has 19 heavy (non-hydrogen) atoms. The van der Waals surface area contributed by atoms with Gasteiger partial charge in [0.05, 0.1) is 5.69 Å². The first kappa shape index (κ1) is 14.4. The van der Waals surface area contributed by atoms with Gasteiger partial charge in [-0.05, 0) is 42.0 Å². The van der Waals surface area contributed by atoms with Gasteiger partial charge in [0.2, 0.25) is 0 Å². The molecule has 1 aromatic heterocycles. The molecule has 0 saturated heterocycles. The van der Waals surface area contributed by atoms with Gasteiger partial charge >= 0.3 is 5.97 Å². The van der Waals surface area contributed by atoms with E-state index in [-0.39, 0.29) is 12.1 Å². The summed E-state index contributed by atoms with van der Waals surface area (Å²) < 4.78 is 5.75. The van der Waals surface area contributed by atoms with E-state index in [9.17, 15) is 4.79 Å². The quantitative estimate of drug-likeness (QED) is 0.854. The summed E-state index contributed by atoms with van der Waals surface area (Å²) in [6.45, 7) is 6.65. The van der Waals surface area contributed by atoms with Crippen LogP contribution >= 0.6 is 11.3 Å². The van der Waals surface area contributed by atoms with E-state index in [0.717, 1.165) is 12.8 Å². The standard InChI is InChI=1S/C15H23NO2S/c1-9(2)11-5-4-10(3)8-13(11)18-15(17)14-12(16)6-7-19-14/h6-7,9-11,13H,4-5,8,16H2,1-3H3. The van der Waals surface area contributed by atoms with Crippen LogP contribution < -0.4 is 5.73 Å². The summed E-state index contributed by atoms with van der Waals surface area (Å²) in [7, 11) is 0. The van der Waals surface area contributed by atoms with Crippen LogP contribution in [0.15, 0.2) is 11.4 Å². The van der Waals surface area contributed by atoms with Crippen LogP contribution in [0.1, 0.15) is 49.7 Å². The number of carbonyl (C=O) groups excluding carboxylic acids is 1. The molecule has 3 nitrogen and oxygen atoms in total. The second kappa shape index (κ2) is 5.95. The monoisotopic (exact) mass is 281 g/mol. The number of nitrogens with two attached hydrogens (primary N) is 1. The van der Waals surface area contributed by atoms with Gasteiger partial charge in [0.25, 0.3) is 0 Å². The van der Waals surface area contributed by atoms with Crippen molar-refractivity contribution in [2.24, 2.45) is 17.8 Å². The molecule has 1 aliphatic carbocycles. The third-order valence-electron chi connectivity index (χ3n) is 4.10. The molecule has 0 spiro atoms. The van der Waals surface area contributed by atoms with E-state index in [4.69, 9.17) is 10.5 Å². The fraction of sp³-hybridized carbons (Fsp3) is 0.667. The Morgan fingerprint density at radius 1 is 1.47 bits per heavy atom. The van der Waals surface area contributed by atoms with Crippen LogP contribution in [0, 0.1) is 17.8 Å². The number of hydrogen-bond acceptors (Lipinski definition) is 4. The van der Waals surface area contributed by atoms with Gasteiger partial charge in [-0.2, -0.15) is 0 Å². The first-order valence-corrected chi connectivity index (χ1v) is 7.91. The first-order valence-electron chi connectivity index (χ1n) is 7.03. The summed E-state index contributed by atoms with van der Waals surface area (Å²) in [4.78, 5) is 12.7. The molecule has 0 bridgehead atoms. The highest BCUT2D eigenvalue weighted by Gasteiger charge is 2.34. The number of thiophene rings is 1. The van der Waals surface area contributed by atoms with Crippen LogP contribution in [0.2, 0.25) is 0 Å². The number of rotatable bonds is 3. The summed E-state index contributed by atoms with van der Waals surface area (Å²) in [6, 6.07) is 1.75. The maximum Gasteiger partial charge on any atom is 0.350 e. The fourth-order valence-corrected chi connectivity index (χ4v) is 3.63. The number of nitrogen functional groups attached to an aromatic ring is 1. The summed E-state index contributed by atoms with van der Waals surface area (Å²) in [6.07, 6.45) is 3.40. The molecule has 0 radical (unpaired) electrons. The third-order valence-corrected chi connectivity index (χ3v) is 5.01. The second-order valence-electron chi connectivity index (χ2n) is 5.97. The van der Waals surface area contributed by atoms with Crippen LogP contribution in [0.5, 0.6) is 0 Å². The van der Waals surface area contributed by atoms with Gasteiger partial charge in [0.15, 0.2) is 0 Å². The number of esters is 1. The van der Waals surface area contributed by atoms with E-state index in [2.05, 4.69) is 20.8 Å². The Hall–Kier alpha value is -1.03. The Labute approximate surface area is 119 Å². The van der Waals surface area contributed by atoms with Crippen LogP contribution in [0.4, 0.5) is 5.69 Å². The van der Waals surface area contributed by atoms with Crippen molar-refractivity contribution < 1.29 is 9.53 Å². The second-order valence-corrected chi connectivity index (χ2v) is 6.89. The minimum Gasteiger partial charge on any atom is -0.458 e. The lowest BCUT2D eigenvalue weighted by atomic mass is 9.75. The van der Waals surface area contributed by atoms with Crippen LogP contribution in [0.25, 0.3) is 0 Å². The summed E-state index contributed by atoms with van der Waals surface area (Å²) in [5, 5.41) is 1.83. The molecule has 4 heteroatoms. The summed E-state index contributed by atoms with van der Waals surface area (Å²) in [5.41, 5.74) is 6.31. The SMILES string of the molecule is CC1CCC(C(C)C)C(OC(=O)c2sccc2N)C1. The summed E-state index contributed by atoms with van der Waals surface area (Å²) >= 11 is 1.36. The average molecular weight is 281 g/mol. The predicted octanol–water partition coefficient (Wildman–Crippen LogP) is 3.95. The molecular formula is C15H23NO2S. The van der Waals surface area contributed by atoms with E-state index in [1.54, 1.807) is 6.07 Å². The van der Waals surface area contributed by atoms with Gasteiger partial charge < -0.3 is 10.5 Å². The van der Waals surface area contributed by atoms with E-state index in [1.165, 1.54) is 17.8 Å². The van der Waals surface area contributed by atoms with Crippen LogP contribution in [-0.4, -0.2) is 12.1 Å². The van der Waals surface area contributed by atoms with Crippen molar-refractivity contribution in [1.29, 1.82) is 0 Å². The molecule has 1 saturated carbocycles. The normalized spacial score (nSPS) is 27.5. The largest absolute Gasteiger partial charge is 0.458 e. The van der Waals surface area contributed by atoms with Crippen molar-refractivity contribution in [3.05, 3.63) is 16.3 Å². The number of hydrogen-bond donors (Lipinski definition) is 1. The zero-order valence-corrected chi connectivity index (χ0v) is 12.7. The molecule has 1 heterocycles. The Bertz CT molecular complexity index is 441. The Kier molecular flexibility index (Phi) is 4.50. The molecule has 1 aliphatic rings. The highest BCUT2D eigenvalue weighted by atomic mass is 32.1. The zero-order valence-electron chi connectivity index (χ0n) is 11.9. The number of carbonyl (C=O) groups is 1. The third kappa shape index (κ3) is 3.30. The fourth-order valence-electron chi connectivity index (χ4n) is 2.93. The van der Waals surface area contributed by atoms with E-state index >= 15 is 0 Å². The maximum absolute atomic E-state index is 12.2. The van der Waals surface area contributed by atoms with Crippen molar-refractivity contribution in [3.8, 4) is 0 Å².